The normalized spacial score (nSPS) is 10.7. The molecular formula is C15H12ClNO3. The van der Waals surface area contributed by atoms with E-state index in [4.69, 9.17) is 16.3 Å². The first-order valence-corrected chi connectivity index (χ1v) is 6.31. The standard InChI is InChI=1S/C15H12ClNO3/c16-15-4-2-1-3-13(15)11-20-14-7-5-12(6-8-14)9-10-17(18)19/h1-10H,11H2/b10-9+. The van der Waals surface area contributed by atoms with Crippen LogP contribution in [-0.2, 0) is 6.61 Å². The van der Waals surface area contributed by atoms with Crippen molar-refractivity contribution in [2.24, 2.45) is 0 Å². The van der Waals surface area contributed by atoms with Gasteiger partial charge < -0.3 is 4.74 Å². The summed E-state index contributed by atoms with van der Waals surface area (Å²) >= 11 is 6.03. The molecule has 0 saturated carbocycles. The molecule has 0 spiro atoms. The highest BCUT2D eigenvalue weighted by Crippen LogP contribution is 2.19. The largest absolute Gasteiger partial charge is 0.489 e. The Morgan fingerprint density at radius 1 is 1.15 bits per heavy atom. The van der Waals surface area contributed by atoms with Gasteiger partial charge >= 0.3 is 0 Å². The molecule has 0 atom stereocenters. The molecule has 0 radical (unpaired) electrons. The van der Waals surface area contributed by atoms with Gasteiger partial charge in [-0.1, -0.05) is 41.9 Å². The molecular weight excluding hydrogens is 278 g/mol. The Bertz CT molecular complexity index is 623. The quantitative estimate of drug-likeness (QED) is 0.613. The average Bonchev–Trinajstić information content (AvgIpc) is 2.45. The minimum absolute atomic E-state index is 0.379. The molecule has 0 heterocycles. The Kier molecular flexibility index (Phi) is 4.74. The summed E-state index contributed by atoms with van der Waals surface area (Å²) in [6.45, 7) is 0.379. The van der Waals surface area contributed by atoms with E-state index in [0.717, 1.165) is 17.3 Å². The monoisotopic (exact) mass is 289 g/mol. The van der Waals surface area contributed by atoms with Gasteiger partial charge in [-0.2, -0.15) is 0 Å². The van der Waals surface area contributed by atoms with E-state index in [1.807, 2.05) is 24.3 Å². The van der Waals surface area contributed by atoms with Crippen molar-refractivity contribution in [1.29, 1.82) is 0 Å². The molecule has 20 heavy (non-hydrogen) atoms. The predicted molar refractivity (Wildman–Crippen MR) is 78.3 cm³/mol. The number of hydrogen-bond donors (Lipinski definition) is 0. The summed E-state index contributed by atoms with van der Waals surface area (Å²) in [7, 11) is 0. The first-order valence-electron chi connectivity index (χ1n) is 5.93. The first kappa shape index (κ1) is 14.1. The molecule has 0 bridgehead atoms. The van der Waals surface area contributed by atoms with Crippen LogP contribution in [0.25, 0.3) is 6.08 Å². The molecule has 0 N–H and O–H groups in total. The van der Waals surface area contributed by atoms with Crippen molar-refractivity contribution in [2.75, 3.05) is 0 Å². The number of hydrogen-bond acceptors (Lipinski definition) is 3. The number of nitrogens with zero attached hydrogens (tertiary/aromatic N) is 1. The molecule has 102 valence electrons. The third kappa shape index (κ3) is 4.10. The number of benzene rings is 2. The fourth-order valence-corrected chi connectivity index (χ4v) is 1.79. The van der Waals surface area contributed by atoms with E-state index in [0.29, 0.717) is 17.4 Å². The summed E-state index contributed by atoms with van der Waals surface area (Å²) in [5, 5.41) is 10.9. The third-order valence-electron chi connectivity index (χ3n) is 2.62. The van der Waals surface area contributed by atoms with E-state index in [2.05, 4.69) is 0 Å². The second-order valence-corrected chi connectivity index (χ2v) is 4.46. The van der Waals surface area contributed by atoms with Crippen molar-refractivity contribution in [1.82, 2.24) is 0 Å². The van der Waals surface area contributed by atoms with Gasteiger partial charge in [0.25, 0.3) is 0 Å². The molecule has 0 amide bonds. The maximum atomic E-state index is 10.2. The van der Waals surface area contributed by atoms with Crippen LogP contribution in [0.1, 0.15) is 11.1 Å². The minimum Gasteiger partial charge on any atom is -0.489 e. The van der Waals surface area contributed by atoms with Crippen molar-refractivity contribution in [3.8, 4) is 5.75 Å². The van der Waals surface area contributed by atoms with Crippen LogP contribution in [0, 0.1) is 10.1 Å². The maximum Gasteiger partial charge on any atom is 0.235 e. The van der Waals surface area contributed by atoms with Gasteiger partial charge in [0.15, 0.2) is 0 Å². The van der Waals surface area contributed by atoms with Crippen molar-refractivity contribution < 1.29 is 9.66 Å². The molecule has 0 aromatic heterocycles. The van der Waals surface area contributed by atoms with Crippen molar-refractivity contribution >= 4 is 17.7 Å². The van der Waals surface area contributed by atoms with E-state index < -0.39 is 4.92 Å². The molecule has 2 rings (SSSR count). The molecule has 0 aliphatic carbocycles. The predicted octanol–water partition coefficient (Wildman–Crippen LogP) is 4.17. The van der Waals surface area contributed by atoms with Gasteiger partial charge in [-0.15, -0.1) is 0 Å². The van der Waals surface area contributed by atoms with Crippen LogP contribution >= 0.6 is 11.6 Å². The van der Waals surface area contributed by atoms with Crippen LogP contribution in [0.5, 0.6) is 5.75 Å². The maximum absolute atomic E-state index is 10.2. The zero-order valence-corrected chi connectivity index (χ0v) is 11.3. The highest BCUT2D eigenvalue weighted by molar-refractivity contribution is 6.31. The fraction of sp³-hybridized carbons (Fsp3) is 0.0667. The van der Waals surface area contributed by atoms with E-state index >= 15 is 0 Å². The number of rotatable bonds is 5. The Morgan fingerprint density at radius 3 is 2.50 bits per heavy atom. The lowest BCUT2D eigenvalue weighted by molar-refractivity contribution is -0.400. The smallest absolute Gasteiger partial charge is 0.235 e. The molecule has 2 aromatic carbocycles. The Morgan fingerprint density at radius 2 is 1.85 bits per heavy atom. The highest BCUT2D eigenvalue weighted by atomic mass is 35.5. The van der Waals surface area contributed by atoms with Crippen molar-refractivity contribution in [3.05, 3.63) is 81.0 Å². The van der Waals surface area contributed by atoms with Crippen LogP contribution < -0.4 is 4.74 Å². The molecule has 0 unspecified atom stereocenters. The molecule has 0 saturated heterocycles. The van der Waals surface area contributed by atoms with Crippen LogP contribution in [0.3, 0.4) is 0 Å². The lowest BCUT2D eigenvalue weighted by Crippen LogP contribution is -1.95. The van der Waals surface area contributed by atoms with Gasteiger partial charge in [-0.3, -0.25) is 10.1 Å². The van der Waals surface area contributed by atoms with Crippen molar-refractivity contribution in [3.63, 3.8) is 0 Å². The first-order chi connectivity index (χ1) is 9.65. The van der Waals surface area contributed by atoms with Gasteiger partial charge in [0.05, 0.1) is 4.92 Å². The average molecular weight is 290 g/mol. The van der Waals surface area contributed by atoms with Crippen LogP contribution in [0.15, 0.2) is 54.7 Å². The number of ether oxygens (including phenoxy) is 1. The Balaban J connectivity index is 1.97. The van der Waals surface area contributed by atoms with Crippen LogP contribution in [-0.4, -0.2) is 4.92 Å². The lowest BCUT2D eigenvalue weighted by Gasteiger charge is -2.07. The molecule has 4 nitrogen and oxygen atoms in total. The Hall–Kier alpha value is -2.33. The topological polar surface area (TPSA) is 52.4 Å². The number of halogens is 1. The van der Waals surface area contributed by atoms with E-state index in [9.17, 15) is 10.1 Å². The highest BCUT2D eigenvalue weighted by Gasteiger charge is 2.00. The van der Waals surface area contributed by atoms with Gasteiger partial charge in [0.1, 0.15) is 12.4 Å². The third-order valence-corrected chi connectivity index (χ3v) is 2.99. The van der Waals surface area contributed by atoms with Gasteiger partial charge in [-0.05, 0) is 23.8 Å². The molecule has 0 aliphatic heterocycles. The summed E-state index contributed by atoms with van der Waals surface area (Å²) in [4.78, 5) is 9.71. The summed E-state index contributed by atoms with van der Waals surface area (Å²) in [5.41, 5.74) is 1.65. The van der Waals surface area contributed by atoms with E-state index in [1.165, 1.54) is 6.08 Å². The molecule has 2 aromatic rings. The zero-order chi connectivity index (χ0) is 14.4. The van der Waals surface area contributed by atoms with Gasteiger partial charge in [-0.25, -0.2) is 0 Å². The summed E-state index contributed by atoms with van der Waals surface area (Å²) in [5.74, 6) is 0.683. The molecule has 0 aliphatic rings. The SMILES string of the molecule is O=[N+]([O-])/C=C/c1ccc(OCc2ccccc2Cl)cc1. The number of nitro groups is 1. The summed E-state index contributed by atoms with van der Waals surface area (Å²) in [6.07, 6.45) is 2.33. The Labute approximate surface area is 121 Å². The molecule has 5 heteroatoms. The van der Waals surface area contributed by atoms with Crippen LogP contribution in [0.2, 0.25) is 5.02 Å². The van der Waals surface area contributed by atoms with Crippen molar-refractivity contribution in [2.45, 2.75) is 6.61 Å². The van der Waals surface area contributed by atoms with Crippen LogP contribution in [0.4, 0.5) is 0 Å². The van der Waals surface area contributed by atoms with Gasteiger partial charge in [0.2, 0.25) is 6.20 Å². The van der Waals surface area contributed by atoms with Gasteiger partial charge in [0, 0.05) is 16.7 Å². The van der Waals surface area contributed by atoms with E-state index in [1.54, 1.807) is 24.3 Å². The second-order valence-electron chi connectivity index (χ2n) is 4.05. The summed E-state index contributed by atoms with van der Waals surface area (Å²) in [6, 6.07) is 14.5. The fourth-order valence-electron chi connectivity index (χ4n) is 1.60. The summed E-state index contributed by atoms with van der Waals surface area (Å²) < 4.78 is 5.61. The minimum atomic E-state index is -0.498. The molecule has 0 fully saturated rings. The van der Waals surface area contributed by atoms with E-state index in [-0.39, 0.29) is 0 Å². The second kappa shape index (κ2) is 6.73. The lowest BCUT2D eigenvalue weighted by atomic mass is 10.2. The zero-order valence-electron chi connectivity index (χ0n) is 10.5.